The predicted octanol–water partition coefficient (Wildman–Crippen LogP) is 0.574. The lowest BCUT2D eigenvalue weighted by molar-refractivity contribution is 0.497. The minimum atomic E-state index is -1.42. The molecule has 0 atom stereocenters. The van der Waals surface area contributed by atoms with E-state index in [4.69, 9.17) is 8.92 Å². The summed E-state index contributed by atoms with van der Waals surface area (Å²) in [5, 5.41) is 0. The largest absolute Gasteiger partial charge is 0.549 e. The van der Waals surface area contributed by atoms with Gasteiger partial charge in [0.2, 0.25) is 0 Å². The number of allylic oxidation sites excluding steroid dienone is 1. The van der Waals surface area contributed by atoms with E-state index in [2.05, 4.69) is 6.58 Å². The normalized spacial score (nSPS) is 3.50. The first-order valence-electron chi connectivity index (χ1n) is 1.39. The molecule has 0 aliphatic rings. The van der Waals surface area contributed by atoms with Crippen LogP contribution < -0.4 is 0 Å². The van der Waals surface area contributed by atoms with Crippen LogP contribution >= 0.6 is 0 Å². The Labute approximate surface area is 38.8 Å². The molecule has 3 heteroatoms. The fourth-order valence-corrected chi connectivity index (χ4v) is 0. The van der Waals surface area contributed by atoms with Crippen LogP contribution in [-0.4, -0.2) is 9.29 Å². The Hall–Kier alpha value is -0.443. The fraction of sp³-hybridized carbons (Fsp3) is 0.333. The van der Waals surface area contributed by atoms with Gasteiger partial charge in [-0.3, -0.25) is 8.92 Å². The molecule has 0 saturated carbocycles. The first-order valence-corrected chi connectivity index (χ1v) is 2.21. The van der Waals surface area contributed by atoms with Crippen LogP contribution in [0.15, 0.2) is 12.7 Å². The van der Waals surface area contributed by atoms with Crippen molar-refractivity contribution >= 4 is 9.29 Å². The zero-order valence-corrected chi connectivity index (χ0v) is 4.60. The van der Waals surface area contributed by atoms with E-state index in [0.29, 0.717) is 0 Å². The van der Waals surface area contributed by atoms with Gasteiger partial charge in [0.05, 0.1) is 0 Å². The summed E-state index contributed by atoms with van der Waals surface area (Å²) in [6, 6.07) is 0. The van der Waals surface area contributed by atoms with E-state index in [1.54, 1.807) is 6.08 Å². The molecule has 0 radical (unpaired) electrons. The smallest absolute Gasteiger partial charge is 0.274 e. The summed E-state index contributed by atoms with van der Waals surface area (Å²) in [5.41, 5.74) is 0. The van der Waals surface area contributed by atoms with E-state index in [9.17, 15) is 0 Å². The van der Waals surface area contributed by atoms with Crippen molar-refractivity contribution in [1.82, 2.24) is 0 Å². The van der Waals surface area contributed by atoms with E-state index >= 15 is 0 Å². The van der Waals surface area contributed by atoms with Crippen molar-refractivity contribution in [3.8, 4) is 0 Å². The van der Waals surface area contributed by atoms with Crippen molar-refractivity contribution in [3.05, 3.63) is 12.7 Å². The summed E-state index contributed by atoms with van der Waals surface area (Å²) in [7, 11) is -1.42. The van der Waals surface area contributed by atoms with E-state index in [1.807, 2.05) is 6.92 Å². The zero-order valence-electron chi connectivity index (χ0n) is 3.60. The molecule has 34 valence electrons. The lowest BCUT2D eigenvalue weighted by atomic mass is 10.8. The maximum absolute atomic E-state index is 8.40. The van der Waals surface area contributed by atoms with Gasteiger partial charge in [0.1, 0.15) is 0 Å². The fourth-order valence-electron chi connectivity index (χ4n) is 0. The summed E-state index contributed by atoms with van der Waals surface area (Å²) in [6.45, 7) is 5.25. The van der Waals surface area contributed by atoms with Crippen molar-refractivity contribution in [2.45, 2.75) is 6.92 Å². The monoisotopic (exact) mass is 102 g/mol. The molecule has 0 bridgehead atoms. The summed E-state index contributed by atoms with van der Waals surface area (Å²) < 4.78 is 16.8. The van der Waals surface area contributed by atoms with Crippen LogP contribution in [0.5, 0.6) is 0 Å². The van der Waals surface area contributed by atoms with Crippen molar-refractivity contribution < 1.29 is 8.92 Å². The second-order valence-electron chi connectivity index (χ2n) is 0.492. The van der Waals surface area contributed by atoms with Crippen LogP contribution in [0.3, 0.4) is 0 Å². The van der Waals surface area contributed by atoms with E-state index in [-0.39, 0.29) is 0 Å². The zero-order chi connectivity index (χ0) is 5.41. The third kappa shape index (κ3) is 118. The van der Waals surface area contributed by atoms with Gasteiger partial charge in [0.15, 0.2) is 0 Å². The van der Waals surface area contributed by atoms with Crippen LogP contribution in [0.4, 0.5) is 0 Å². The molecule has 0 aliphatic heterocycles. The summed E-state index contributed by atoms with van der Waals surface area (Å²) in [5.74, 6) is 0. The van der Waals surface area contributed by atoms with Crippen LogP contribution in [0.25, 0.3) is 0 Å². The minimum Gasteiger partial charge on any atom is -0.274 e. The average molecular weight is 102 g/mol. The predicted molar refractivity (Wildman–Crippen MR) is 23.0 cm³/mol. The quantitative estimate of drug-likeness (QED) is 0.331. The van der Waals surface area contributed by atoms with Gasteiger partial charge in [0.25, 0.3) is 0 Å². The van der Waals surface area contributed by atoms with Crippen molar-refractivity contribution in [3.63, 3.8) is 0 Å². The molecule has 0 N–H and O–H groups in total. The van der Waals surface area contributed by atoms with Crippen LogP contribution in [0, 0.1) is 0 Å². The van der Waals surface area contributed by atoms with Gasteiger partial charge in [-0.2, -0.15) is 0 Å². The summed E-state index contributed by atoms with van der Waals surface area (Å²) in [6.07, 6.45) is 1.75. The third-order valence-corrected chi connectivity index (χ3v) is 0. The molecule has 2 nitrogen and oxygen atoms in total. The summed E-state index contributed by atoms with van der Waals surface area (Å²) in [4.78, 5) is 0. The molecule has 0 aliphatic carbocycles. The average Bonchev–Trinajstić information content (AvgIpc) is 1.39. The van der Waals surface area contributed by atoms with Gasteiger partial charge in [-0.05, 0) is 6.92 Å². The van der Waals surface area contributed by atoms with Gasteiger partial charge in [-0.25, -0.2) is 0 Å². The maximum Gasteiger partial charge on any atom is 0.549 e. The molecular formula is C3H6O2Si. The van der Waals surface area contributed by atoms with Gasteiger partial charge in [0, 0.05) is 0 Å². The Morgan fingerprint density at radius 2 is 1.67 bits per heavy atom. The second kappa shape index (κ2) is 23.8. The molecule has 0 unspecified atom stereocenters. The number of rotatable bonds is 0. The molecule has 0 amide bonds. The van der Waals surface area contributed by atoms with Crippen LogP contribution in [0.2, 0.25) is 0 Å². The molecule has 0 aromatic heterocycles. The molecule has 0 aromatic rings. The van der Waals surface area contributed by atoms with Gasteiger partial charge >= 0.3 is 9.29 Å². The summed E-state index contributed by atoms with van der Waals surface area (Å²) >= 11 is 0. The highest BCUT2D eigenvalue weighted by molar-refractivity contribution is 5.94. The maximum atomic E-state index is 8.40. The number of hydrogen-bond donors (Lipinski definition) is 0. The standard InChI is InChI=1S/C3H6.O2Si/c2*1-3-2/h3H,1H2,2H3;. The van der Waals surface area contributed by atoms with Crippen molar-refractivity contribution in [2.24, 2.45) is 0 Å². The van der Waals surface area contributed by atoms with Crippen LogP contribution in [-0.2, 0) is 8.92 Å². The highest BCUT2D eigenvalue weighted by Crippen LogP contribution is 1.38. The van der Waals surface area contributed by atoms with E-state index in [1.165, 1.54) is 0 Å². The SMILES string of the molecule is C=CC.O=[Si]=O. The Morgan fingerprint density at radius 3 is 1.67 bits per heavy atom. The van der Waals surface area contributed by atoms with Gasteiger partial charge < -0.3 is 0 Å². The first kappa shape index (κ1) is 9.12. The molecule has 0 fully saturated rings. The lowest BCUT2D eigenvalue weighted by Crippen LogP contribution is -1.26. The van der Waals surface area contributed by atoms with E-state index in [0.717, 1.165) is 0 Å². The Morgan fingerprint density at radius 1 is 1.67 bits per heavy atom. The molecular weight excluding hydrogens is 96.1 g/mol. The molecule has 0 rings (SSSR count). The van der Waals surface area contributed by atoms with Crippen LogP contribution in [0.1, 0.15) is 6.92 Å². The topological polar surface area (TPSA) is 34.1 Å². The Balaban J connectivity index is 0. The highest BCUT2D eigenvalue weighted by atomic mass is 28.2. The molecule has 0 aromatic carbocycles. The van der Waals surface area contributed by atoms with Gasteiger partial charge in [-0.15, -0.1) is 6.58 Å². The Kier molecular flexibility index (Phi) is 36.2. The number of hydrogen-bond acceptors (Lipinski definition) is 2. The van der Waals surface area contributed by atoms with Crippen molar-refractivity contribution in [2.75, 3.05) is 0 Å². The van der Waals surface area contributed by atoms with Crippen molar-refractivity contribution in [1.29, 1.82) is 0 Å². The molecule has 0 saturated heterocycles. The highest BCUT2D eigenvalue weighted by Gasteiger charge is 1.22. The van der Waals surface area contributed by atoms with E-state index < -0.39 is 9.29 Å². The Bertz CT molecular complexity index is 53.8. The first-order chi connectivity index (χ1) is 2.83. The second-order valence-corrected chi connectivity index (χ2v) is 0.658. The lowest BCUT2D eigenvalue weighted by Gasteiger charge is -1.31. The molecule has 0 heterocycles. The third-order valence-electron chi connectivity index (χ3n) is 0. The molecule has 6 heavy (non-hydrogen) atoms. The van der Waals surface area contributed by atoms with Gasteiger partial charge in [-0.1, -0.05) is 6.08 Å². The minimum absolute atomic E-state index is 1.42. The molecule has 0 spiro atoms.